The zero-order valence-corrected chi connectivity index (χ0v) is 10.9. The molecule has 17 heavy (non-hydrogen) atoms. The molecule has 1 aliphatic carbocycles. The SMILES string of the molecule is O[C@H]1CCCC[C@@H]1N1CCN2CCCCC2C1. The molecule has 3 aliphatic rings. The first-order valence-electron chi connectivity index (χ1n) is 7.51. The number of fused-ring (bicyclic) bond motifs is 1. The third-order valence-electron chi connectivity index (χ3n) is 5.03. The van der Waals surface area contributed by atoms with Gasteiger partial charge in [0.2, 0.25) is 0 Å². The molecule has 0 aromatic carbocycles. The Kier molecular flexibility index (Phi) is 3.69. The number of hydrogen-bond acceptors (Lipinski definition) is 3. The van der Waals surface area contributed by atoms with Crippen molar-refractivity contribution in [2.45, 2.75) is 63.1 Å². The van der Waals surface area contributed by atoms with E-state index in [-0.39, 0.29) is 6.10 Å². The molecule has 1 saturated carbocycles. The van der Waals surface area contributed by atoms with Crippen LogP contribution in [0.15, 0.2) is 0 Å². The van der Waals surface area contributed by atoms with Gasteiger partial charge in [0.25, 0.3) is 0 Å². The van der Waals surface area contributed by atoms with Crippen molar-refractivity contribution in [1.29, 1.82) is 0 Å². The van der Waals surface area contributed by atoms with E-state index in [0.29, 0.717) is 6.04 Å². The molecule has 3 rings (SSSR count). The van der Waals surface area contributed by atoms with E-state index in [1.165, 1.54) is 64.7 Å². The summed E-state index contributed by atoms with van der Waals surface area (Å²) in [6, 6.07) is 1.25. The summed E-state index contributed by atoms with van der Waals surface area (Å²) in [4.78, 5) is 5.27. The zero-order valence-electron chi connectivity index (χ0n) is 10.9. The van der Waals surface area contributed by atoms with Crippen LogP contribution in [0.1, 0.15) is 44.9 Å². The summed E-state index contributed by atoms with van der Waals surface area (Å²) in [6.07, 6.45) is 8.89. The Morgan fingerprint density at radius 2 is 1.53 bits per heavy atom. The second-order valence-electron chi connectivity index (χ2n) is 6.10. The fraction of sp³-hybridized carbons (Fsp3) is 1.00. The van der Waals surface area contributed by atoms with Gasteiger partial charge >= 0.3 is 0 Å². The highest BCUT2D eigenvalue weighted by Crippen LogP contribution is 2.28. The van der Waals surface area contributed by atoms with Crippen molar-refractivity contribution < 1.29 is 5.11 Å². The van der Waals surface area contributed by atoms with E-state index in [1.54, 1.807) is 0 Å². The highest BCUT2D eigenvalue weighted by Gasteiger charge is 2.35. The maximum atomic E-state index is 10.2. The van der Waals surface area contributed by atoms with Gasteiger partial charge in [-0.3, -0.25) is 9.80 Å². The van der Waals surface area contributed by atoms with E-state index < -0.39 is 0 Å². The van der Waals surface area contributed by atoms with E-state index in [2.05, 4.69) is 9.80 Å². The zero-order chi connectivity index (χ0) is 11.7. The molecule has 3 fully saturated rings. The van der Waals surface area contributed by atoms with Gasteiger partial charge in [-0.25, -0.2) is 0 Å². The summed E-state index contributed by atoms with van der Waals surface area (Å²) in [5, 5.41) is 10.2. The fourth-order valence-electron chi connectivity index (χ4n) is 4.00. The van der Waals surface area contributed by atoms with Gasteiger partial charge in [0.1, 0.15) is 0 Å². The maximum Gasteiger partial charge on any atom is 0.0695 e. The van der Waals surface area contributed by atoms with Crippen LogP contribution in [0, 0.1) is 0 Å². The Labute approximate surface area is 105 Å². The van der Waals surface area contributed by atoms with E-state index in [9.17, 15) is 5.11 Å². The van der Waals surface area contributed by atoms with Gasteiger partial charge in [-0.1, -0.05) is 19.3 Å². The van der Waals surface area contributed by atoms with Crippen LogP contribution in [-0.2, 0) is 0 Å². The molecule has 1 unspecified atom stereocenters. The summed E-state index contributed by atoms with van der Waals surface area (Å²) < 4.78 is 0. The second kappa shape index (κ2) is 5.25. The first-order valence-corrected chi connectivity index (χ1v) is 7.51. The molecule has 0 spiro atoms. The summed E-state index contributed by atoms with van der Waals surface area (Å²) in [5.74, 6) is 0. The Morgan fingerprint density at radius 3 is 2.41 bits per heavy atom. The lowest BCUT2D eigenvalue weighted by atomic mass is 9.89. The van der Waals surface area contributed by atoms with Crippen molar-refractivity contribution in [2.24, 2.45) is 0 Å². The number of aliphatic hydroxyl groups excluding tert-OH is 1. The summed E-state index contributed by atoms with van der Waals surface area (Å²) >= 11 is 0. The van der Waals surface area contributed by atoms with Crippen molar-refractivity contribution in [2.75, 3.05) is 26.2 Å². The highest BCUT2D eigenvalue weighted by molar-refractivity contribution is 4.91. The molecular formula is C14H26N2O. The molecular weight excluding hydrogens is 212 g/mol. The summed E-state index contributed by atoms with van der Waals surface area (Å²) in [7, 11) is 0. The first-order chi connectivity index (χ1) is 8.34. The molecule has 98 valence electrons. The quantitative estimate of drug-likeness (QED) is 0.749. The molecule has 2 aliphatic heterocycles. The van der Waals surface area contributed by atoms with Crippen LogP contribution in [0.5, 0.6) is 0 Å². The average Bonchev–Trinajstić information content (AvgIpc) is 2.39. The predicted octanol–water partition coefficient (Wildman–Crippen LogP) is 1.46. The minimum Gasteiger partial charge on any atom is -0.391 e. The predicted molar refractivity (Wildman–Crippen MR) is 69.0 cm³/mol. The molecule has 0 radical (unpaired) electrons. The molecule has 0 aromatic heterocycles. The van der Waals surface area contributed by atoms with E-state index >= 15 is 0 Å². The average molecular weight is 238 g/mol. The second-order valence-corrected chi connectivity index (χ2v) is 6.10. The topological polar surface area (TPSA) is 26.7 Å². The molecule has 0 aromatic rings. The van der Waals surface area contributed by atoms with Gasteiger partial charge in [-0.15, -0.1) is 0 Å². The van der Waals surface area contributed by atoms with Crippen LogP contribution in [0.25, 0.3) is 0 Å². The molecule has 2 saturated heterocycles. The van der Waals surface area contributed by atoms with Crippen LogP contribution in [0.2, 0.25) is 0 Å². The van der Waals surface area contributed by atoms with Gasteiger partial charge in [0, 0.05) is 31.7 Å². The highest BCUT2D eigenvalue weighted by atomic mass is 16.3. The Bertz CT molecular complexity index is 259. The lowest BCUT2D eigenvalue weighted by Crippen LogP contribution is -2.59. The Balaban J connectivity index is 1.60. The lowest BCUT2D eigenvalue weighted by molar-refractivity contribution is -0.0299. The first kappa shape index (κ1) is 11.9. The molecule has 0 amide bonds. The van der Waals surface area contributed by atoms with E-state index in [4.69, 9.17) is 0 Å². The number of nitrogens with zero attached hydrogens (tertiary/aromatic N) is 2. The number of hydrogen-bond donors (Lipinski definition) is 1. The summed E-state index contributed by atoms with van der Waals surface area (Å²) in [5.41, 5.74) is 0. The number of aliphatic hydroxyl groups is 1. The van der Waals surface area contributed by atoms with Crippen molar-refractivity contribution in [3.05, 3.63) is 0 Å². The normalized spacial score (nSPS) is 41.1. The van der Waals surface area contributed by atoms with Crippen LogP contribution in [-0.4, -0.2) is 59.3 Å². The van der Waals surface area contributed by atoms with E-state index in [0.717, 1.165) is 12.5 Å². The summed E-state index contributed by atoms with van der Waals surface area (Å²) in [6.45, 7) is 4.93. The number of piperidine rings is 1. The minimum absolute atomic E-state index is 0.0566. The van der Waals surface area contributed by atoms with Crippen molar-refractivity contribution in [1.82, 2.24) is 9.80 Å². The molecule has 3 nitrogen and oxygen atoms in total. The van der Waals surface area contributed by atoms with Gasteiger partial charge in [-0.05, 0) is 32.2 Å². The molecule has 0 bridgehead atoms. The standard InChI is InChI=1S/C14H26N2O/c17-14-7-2-1-6-13(14)16-10-9-15-8-4-3-5-12(15)11-16/h12-14,17H,1-11H2/t12?,13-,14-/m0/s1. The molecule has 1 N–H and O–H groups in total. The van der Waals surface area contributed by atoms with Crippen LogP contribution >= 0.6 is 0 Å². The fourth-order valence-corrected chi connectivity index (χ4v) is 4.00. The van der Waals surface area contributed by atoms with Gasteiger partial charge < -0.3 is 5.11 Å². The van der Waals surface area contributed by atoms with Crippen LogP contribution < -0.4 is 0 Å². The van der Waals surface area contributed by atoms with E-state index in [1.807, 2.05) is 0 Å². The monoisotopic (exact) mass is 238 g/mol. The van der Waals surface area contributed by atoms with Crippen LogP contribution in [0.3, 0.4) is 0 Å². The maximum absolute atomic E-state index is 10.2. The van der Waals surface area contributed by atoms with Crippen molar-refractivity contribution in [3.63, 3.8) is 0 Å². The van der Waals surface area contributed by atoms with Gasteiger partial charge in [-0.2, -0.15) is 0 Å². The smallest absolute Gasteiger partial charge is 0.0695 e. The largest absolute Gasteiger partial charge is 0.391 e. The Hall–Kier alpha value is -0.120. The third-order valence-corrected chi connectivity index (χ3v) is 5.03. The van der Waals surface area contributed by atoms with Crippen molar-refractivity contribution >= 4 is 0 Å². The van der Waals surface area contributed by atoms with Crippen molar-refractivity contribution in [3.8, 4) is 0 Å². The minimum atomic E-state index is -0.0566. The Morgan fingerprint density at radius 1 is 0.765 bits per heavy atom. The van der Waals surface area contributed by atoms with Gasteiger partial charge in [0.05, 0.1) is 6.10 Å². The molecule has 3 atom stereocenters. The lowest BCUT2D eigenvalue weighted by Gasteiger charge is -2.48. The number of rotatable bonds is 1. The molecule has 3 heteroatoms. The molecule has 2 heterocycles. The van der Waals surface area contributed by atoms with Gasteiger partial charge in [0.15, 0.2) is 0 Å². The van der Waals surface area contributed by atoms with Crippen LogP contribution in [0.4, 0.5) is 0 Å². The third kappa shape index (κ3) is 2.51. The number of piperazine rings is 1.